The molecule has 1 amide bonds. The summed E-state index contributed by atoms with van der Waals surface area (Å²) in [5.74, 6) is -4.92. The summed E-state index contributed by atoms with van der Waals surface area (Å²) < 4.78 is 21.8. The molecule has 19 heteroatoms. The lowest BCUT2D eigenvalue weighted by molar-refractivity contribution is -0.167. The maximum absolute atomic E-state index is 12.3. The number of aromatic nitrogens is 4. The molecule has 5 atom stereocenters. The summed E-state index contributed by atoms with van der Waals surface area (Å²) in [7, 11) is -4.87. The molecule has 18 nitrogen and oxygen atoms in total. The number of carboxylic acid groups (broad SMARTS) is 2. The maximum Gasteiger partial charge on any atom is 0.469 e. The van der Waals surface area contributed by atoms with Crippen molar-refractivity contribution in [1.82, 2.24) is 19.5 Å². The van der Waals surface area contributed by atoms with Crippen LogP contribution in [0.15, 0.2) is 12.7 Å². The Labute approximate surface area is 194 Å². The van der Waals surface area contributed by atoms with Crippen LogP contribution in [0.25, 0.3) is 11.2 Å². The van der Waals surface area contributed by atoms with Crippen molar-refractivity contribution in [3.05, 3.63) is 12.7 Å². The molecule has 0 aromatic carbocycles. The van der Waals surface area contributed by atoms with Gasteiger partial charge in [-0.2, -0.15) is 0 Å². The van der Waals surface area contributed by atoms with Crippen LogP contribution < -0.4 is 5.32 Å². The maximum atomic E-state index is 12.3. The minimum atomic E-state index is -4.87. The van der Waals surface area contributed by atoms with Crippen LogP contribution in [0.5, 0.6) is 0 Å². The fourth-order valence-electron chi connectivity index (χ4n) is 3.30. The van der Waals surface area contributed by atoms with Crippen molar-refractivity contribution in [2.75, 3.05) is 11.9 Å². The fraction of sp³-hybridized carbons (Fsp3) is 0.500. The molecule has 35 heavy (non-hydrogen) atoms. The number of ether oxygens (including phenoxy) is 1. The second-order valence-corrected chi connectivity index (χ2v) is 8.75. The summed E-state index contributed by atoms with van der Waals surface area (Å²) in [5.41, 5.74) is -3.01. The number of carbonyl (C=O) groups excluding carboxylic acids is 1. The van der Waals surface area contributed by atoms with Gasteiger partial charge in [-0.1, -0.05) is 0 Å². The van der Waals surface area contributed by atoms with Gasteiger partial charge in [-0.05, 0) is 0 Å². The second kappa shape index (κ2) is 9.88. The molecule has 0 bridgehead atoms. The number of phosphoric acid groups is 1. The molecule has 8 N–H and O–H groups in total. The number of aliphatic hydroxyl groups excluding tert-OH is 2. The number of carbonyl (C=O) groups is 3. The Kier molecular flexibility index (Phi) is 7.48. The first-order chi connectivity index (χ1) is 16.2. The van der Waals surface area contributed by atoms with E-state index in [1.54, 1.807) is 0 Å². The number of imidazole rings is 1. The number of amides is 1. The van der Waals surface area contributed by atoms with Crippen LogP contribution >= 0.6 is 7.82 Å². The van der Waals surface area contributed by atoms with Crippen molar-refractivity contribution >= 4 is 42.7 Å². The predicted molar refractivity (Wildman–Crippen MR) is 107 cm³/mol. The van der Waals surface area contributed by atoms with Crippen LogP contribution in [0.4, 0.5) is 5.82 Å². The molecule has 0 spiro atoms. The molecule has 0 aliphatic carbocycles. The molecular formula is C16H20N5O13P. The molecule has 3 heterocycles. The minimum absolute atomic E-state index is 0.0397. The zero-order valence-corrected chi connectivity index (χ0v) is 18.3. The number of fused-ring (bicyclic) bond motifs is 1. The van der Waals surface area contributed by atoms with Gasteiger partial charge >= 0.3 is 19.8 Å². The van der Waals surface area contributed by atoms with Gasteiger partial charge in [0.1, 0.15) is 24.6 Å². The van der Waals surface area contributed by atoms with Gasteiger partial charge in [0.05, 0.1) is 25.8 Å². The minimum Gasteiger partial charge on any atom is -0.481 e. The van der Waals surface area contributed by atoms with Gasteiger partial charge in [0.2, 0.25) is 5.91 Å². The number of nitrogens with one attached hydrogen (secondary N) is 1. The summed E-state index contributed by atoms with van der Waals surface area (Å²) in [5, 5.41) is 50.6. The third-order valence-corrected chi connectivity index (χ3v) is 5.42. The number of aliphatic hydroxyl groups is 3. The van der Waals surface area contributed by atoms with Gasteiger partial charge < -0.3 is 45.4 Å². The van der Waals surface area contributed by atoms with E-state index in [1.165, 1.54) is 0 Å². The lowest BCUT2D eigenvalue weighted by atomic mass is 9.95. The zero-order chi connectivity index (χ0) is 26.1. The number of aliphatic carboxylic acids is 2. The first kappa shape index (κ1) is 26.5. The van der Waals surface area contributed by atoms with E-state index in [9.17, 15) is 34.3 Å². The van der Waals surface area contributed by atoms with Crippen molar-refractivity contribution in [2.45, 2.75) is 43.0 Å². The topological polar surface area (TPSA) is 284 Å². The van der Waals surface area contributed by atoms with Crippen molar-refractivity contribution < 1.29 is 63.5 Å². The quantitative estimate of drug-likeness (QED) is 0.146. The van der Waals surface area contributed by atoms with Gasteiger partial charge in [0.25, 0.3) is 0 Å². The van der Waals surface area contributed by atoms with E-state index in [0.29, 0.717) is 0 Å². The first-order valence-corrected chi connectivity index (χ1v) is 11.1. The van der Waals surface area contributed by atoms with E-state index in [4.69, 9.17) is 24.7 Å². The normalized spacial score (nSPS) is 24.3. The molecule has 2 aromatic rings. The largest absolute Gasteiger partial charge is 0.481 e. The van der Waals surface area contributed by atoms with E-state index in [0.717, 1.165) is 17.2 Å². The Hall–Kier alpha value is -3.09. The average Bonchev–Trinajstić information content (AvgIpc) is 3.27. The lowest BCUT2D eigenvalue weighted by Crippen LogP contribution is -2.43. The van der Waals surface area contributed by atoms with E-state index < -0.39 is 75.3 Å². The summed E-state index contributed by atoms with van der Waals surface area (Å²) in [4.78, 5) is 63.8. The van der Waals surface area contributed by atoms with Gasteiger partial charge in [-0.25, -0.2) is 24.3 Å². The van der Waals surface area contributed by atoms with Crippen LogP contribution in [-0.2, 0) is 28.2 Å². The smallest absolute Gasteiger partial charge is 0.469 e. The molecule has 1 aliphatic heterocycles. The Bertz CT molecular complexity index is 1180. The summed E-state index contributed by atoms with van der Waals surface area (Å²) in [6.07, 6.45) is -6.19. The molecule has 1 aliphatic rings. The van der Waals surface area contributed by atoms with Crippen molar-refractivity contribution in [3.8, 4) is 0 Å². The van der Waals surface area contributed by atoms with Gasteiger partial charge in [-0.15, -0.1) is 0 Å². The highest BCUT2D eigenvalue weighted by molar-refractivity contribution is 7.46. The number of anilines is 1. The number of nitrogens with zero attached hydrogens (tertiary/aromatic N) is 4. The Morgan fingerprint density at radius 2 is 1.83 bits per heavy atom. The number of carboxylic acids is 2. The Morgan fingerprint density at radius 3 is 2.43 bits per heavy atom. The molecule has 3 rings (SSSR count). The highest BCUT2D eigenvalue weighted by Crippen LogP contribution is 2.39. The number of rotatable bonds is 10. The summed E-state index contributed by atoms with van der Waals surface area (Å²) in [6, 6.07) is 0. The first-order valence-electron chi connectivity index (χ1n) is 9.58. The predicted octanol–water partition coefficient (Wildman–Crippen LogP) is -2.83. The lowest BCUT2D eigenvalue weighted by Gasteiger charge is -2.20. The molecule has 0 saturated carbocycles. The van der Waals surface area contributed by atoms with Crippen LogP contribution in [0.2, 0.25) is 0 Å². The summed E-state index contributed by atoms with van der Waals surface area (Å²) >= 11 is 0. The van der Waals surface area contributed by atoms with E-state index >= 15 is 0 Å². The highest BCUT2D eigenvalue weighted by atomic mass is 31.2. The third kappa shape index (κ3) is 5.95. The Balaban J connectivity index is 1.81. The monoisotopic (exact) mass is 521 g/mol. The highest BCUT2D eigenvalue weighted by Gasteiger charge is 2.45. The molecule has 1 fully saturated rings. The van der Waals surface area contributed by atoms with Gasteiger partial charge in [0.15, 0.2) is 28.8 Å². The van der Waals surface area contributed by atoms with E-state index in [1.807, 2.05) is 0 Å². The fourth-order valence-corrected chi connectivity index (χ4v) is 3.64. The van der Waals surface area contributed by atoms with Crippen molar-refractivity contribution in [3.63, 3.8) is 0 Å². The molecule has 2 aromatic heterocycles. The standard InChI is InChI=1S/C16H20N5O13P/c22-7(1-16(29,15(27)28)2-8(23)24)20-12-9-13(18-4-17-12)21(5-19-9)14-11(26)10(25)6(34-14)3-33-35(30,31)32/h4-6,10-11,14,25-26,29H,1-3H2,(H,23,24)(H,27,28)(H2,30,31,32)(H,17,18,20,22)/t6-,10-,11-,14-,16-/m1/s1. The molecule has 0 radical (unpaired) electrons. The van der Waals surface area contributed by atoms with E-state index in [-0.39, 0.29) is 17.0 Å². The number of phosphoric ester groups is 1. The van der Waals surface area contributed by atoms with E-state index in [2.05, 4.69) is 24.8 Å². The SMILES string of the molecule is O=C(O)C[C@](O)(CC(=O)Nc1ncnc2c1ncn2[C@@H]1O[C@H](COP(=O)(O)O)[C@@H](O)[C@H]1O)C(=O)O. The number of hydrogen-bond acceptors (Lipinski definition) is 12. The van der Waals surface area contributed by atoms with Gasteiger partial charge in [0, 0.05) is 0 Å². The van der Waals surface area contributed by atoms with Crippen LogP contribution in [0.3, 0.4) is 0 Å². The molecular weight excluding hydrogens is 501 g/mol. The molecule has 1 saturated heterocycles. The third-order valence-electron chi connectivity index (χ3n) is 4.93. The molecule has 0 unspecified atom stereocenters. The average molecular weight is 521 g/mol. The zero-order valence-electron chi connectivity index (χ0n) is 17.4. The Morgan fingerprint density at radius 1 is 1.14 bits per heavy atom. The number of hydrogen-bond donors (Lipinski definition) is 8. The van der Waals surface area contributed by atoms with Crippen LogP contribution in [0.1, 0.15) is 19.1 Å². The van der Waals surface area contributed by atoms with Crippen LogP contribution in [-0.4, -0.2) is 103 Å². The second-order valence-electron chi connectivity index (χ2n) is 7.51. The van der Waals surface area contributed by atoms with Crippen molar-refractivity contribution in [1.29, 1.82) is 0 Å². The van der Waals surface area contributed by atoms with Crippen LogP contribution in [0, 0.1) is 0 Å². The molecule has 192 valence electrons. The van der Waals surface area contributed by atoms with Gasteiger partial charge in [-0.3, -0.25) is 18.7 Å². The van der Waals surface area contributed by atoms with Crippen molar-refractivity contribution in [2.24, 2.45) is 0 Å². The summed E-state index contributed by atoms with van der Waals surface area (Å²) in [6.45, 7) is -0.745.